The molecule has 2 nitrogen and oxygen atoms in total. The predicted molar refractivity (Wildman–Crippen MR) is 66.8 cm³/mol. The summed E-state index contributed by atoms with van der Waals surface area (Å²) in [7, 11) is 0. The first-order valence-corrected chi connectivity index (χ1v) is 6.88. The van der Waals surface area contributed by atoms with Crippen molar-refractivity contribution in [3.8, 4) is 0 Å². The number of aromatic nitrogens is 2. The Morgan fingerprint density at radius 2 is 2.27 bits per heavy atom. The van der Waals surface area contributed by atoms with Crippen molar-refractivity contribution in [2.45, 2.75) is 49.9 Å². The van der Waals surface area contributed by atoms with Crippen LogP contribution >= 0.6 is 27.5 Å². The molecular formula is C11H16BrClN2. The van der Waals surface area contributed by atoms with Crippen LogP contribution in [0.5, 0.6) is 0 Å². The lowest BCUT2D eigenvalue weighted by Gasteiger charge is -2.28. The largest absolute Gasteiger partial charge is 0.268 e. The number of hydrogen-bond donors (Lipinski definition) is 0. The molecule has 0 saturated heterocycles. The highest BCUT2D eigenvalue weighted by atomic mass is 79.9. The first-order chi connectivity index (χ1) is 7.24. The van der Waals surface area contributed by atoms with Gasteiger partial charge >= 0.3 is 0 Å². The summed E-state index contributed by atoms with van der Waals surface area (Å²) in [6, 6.07) is 0. The van der Waals surface area contributed by atoms with Crippen LogP contribution in [0.15, 0.2) is 6.20 Å². The Hall–Kier alpha value is -0.0200. The van der Waals surface area contributed by atoms with E-state index in [9.17, 15) is 0 Å². The van der Waals surface area contributed by atoms with Crippen molar-refractivity contribution >= 4 is 27.5 Å². The maximum atomic E-state index is 6.22. The van der Waals surface area contributed by atoms with Crippen LogP contribution in [-0.2, 0) is 6.54 Å². The van der Waals surface area contributed by atoms with Crippen LogP contribution in [0.4, 0.5) is 0 Å². The van der Waals surface area contributed by atoms with Gasteiger partial charge in [0.1, 0.15) is 0 Å². The average Bonchev–Trinajstić information content (AvgIpc) is 2.60. The third kappa shape index (κ3) is 2.23. The van der Waals surface area contributed by atoms with Gasteiger partial charge in [-0.25, -0.2) is 0 Å². The fraction of sp³-hybridized carbons (Fsp3) is 0.727. The van der Waals surface area contributed by atoms with Crippen LogP contribution in [0.2, 0.25) is 5.02 Å². The molecule has 0 spiro atoms. The molecule has 1 fully saturated rings. The molecule has 2 atom stereocenters. The summed E-state index contributed by atoms with van der Waals surface area (Å²) in [4.78, 5) is 0.561. The molecule has 1 heterocycles. The molecule has 1 saturated carbocycles. The number of hydrogen-bond acceptors (Lipinski definition) is 1. The zero-order valence-corrected chi connectivity index (χ0v) is 11.3. The molecule has 4 heteroatoms. The highest BCUT2D eigenvalue weighted by Crippen LogP contribution is 2.39. The van der Waals surface area contributed by atoms with E-state index in [0.29, 0.717) is 10.7 Å². The minimum absolute atomic E-state index is 0.536. The monoisotopic (exact) mass is 290 g/mol. The Morgan fingerprint density at radius 3 is 2.93 bits per heavy atom. The number of halogens is 2. The summed E-state index contributed by atoms with van der Waals surface area (Å²) in [5.74, 6) is 0.536. The van der Waals surface area contributed by atoms with Crippen LogP contribution in [0, 0.1) is 0 Å². The average molecular weight is 292 g/mol. The molecule has 1 aromatic heterocycles. The van der Waals surface area contributed by atoms with Gasteiger partial charge in [-0.1, -0.05) is 40.4 Å². The van der Waals surface area contributed by atoms with Gasteiger partial charge in [-0.3, -0.25) is 4.68 Å². The molecule has 0 aromatic carbocycles. The van der Waals surface area contributed by atoms with E-state index < -0.39 is 0 Å². The van der Waals surface area contributed by atoms with Gasteiger partial charge in [0.15, 0.2) is 0 Å². The second kappa shape index (κ2) is 4.88. The van der Waals surface area contributed by atoms with Crippen molar-refractivity contribution in [2.75, 3.05) is 0 Å². The van der Waals surface area contributed by atoms with Crippen molar-refractivity contribution in [1.82, 2.24) is 9.78 Å². The van der Waals surface area contributed by atoms with Crippen molar-refractivity contribution in [1.29, 1.82) is 0 Å². The van der Waals surface area contributed by atoms with E-state index in [0.717, 1.165) is 11.6 Å². The van der Waals surface area contributed by atoms with Crippen molar-refractivity contribution in [3.63, 3.8) is 0 Å². The first kappa shape index (κ1) is 11.5. The van der Waals surface area contributed by atoms with Gasteiger partial charge < -0.3 is 0 Å². The smallest absolute Gasteiger partial charge is 0.0821 e. The van der Waals surface area contributed by atoms with Gasteiger partial charge in [-0.2, -0.15) is 5.10 Å². The molecule has 1 aromatic rings. The van der Waals surface area contributed by atoms with Crippen LogP contribution < -0.4 is 0 Å². The first-order valence-electron chi connectivity index (χ1n) is 5.59. The highest BCUT2D eigenvalue weighted by Gasteiger charge is 2.28. The minimum atomic E-state index is 0.536. The third-order valence-electron chi connectivity index (χ3n) is 3.17. The standard InChI is InChI=1S/C11H16BrClN2/c1-2-15-11(10(13)7-14-15)8-5-3-4-6-9(8)12/h7-9H,2-6H2,1H3. The number of alkyl halides is 1. The Balaban J connectivity index is 2.29. The molecular weight excluding hydrogens is 275 g/mol. The Bertz CT molecular complexity index is 337. The summed E-state index contributed by atoms with van der Waals surface area (Å²) in [5, 5.41) is 5.13. The van der Waals surface area contributed by atoms with Crippen LogP contribution in [0.1, 0.15) is 44.2 Å². The minimum Gasteiger partial charge on any atom is -0.268 e. The van der Waals surface area contributed by atoms with Gasteiger partial charge in [0.2, 0.25) is 0 Å². The number of rotatable bonds is 2. The summed E-state index contributed by atoms with van der Waals surface area (Å²) in [6.45, 7) is 3.01. The molecule has 0 N–H and O–H groups in total. The van der Waals surface area contributed by atoms with E-state index in [-0.39, 0.29) is 0 Å². The quantitative estimate of drug-likeness (QED) is 0.754. The van der Waals surface area contributed by atoms with E-state index in [2.05, 4.69) is 28.0 Å². The van der Waals surface area contributed by atoms with Crippen molar-refractivity contribution in [2.24, 2.45) is 0 Å². The Kier molecular flexibility index (Phi) is 3.73. The van der Waals surface area contributed by atoms with Gasteiger partial charge in [0, 0.05) is 17.3 Å². The molecule has 0 aliphatic heterocycles. The fourth-order valence-corrected chi connectivity index (χ4v) is 3.51. The number of nitrogens with zero attached hydrogens (tertiary/aromatic N) is 2. The van der Waals surface area contributed by atoms with Gasteiger partial charge in [0.05, 0.1) is 16.9 Å². The normalized spacial score (nSPS) is 26.9. The molecule has 0 bridgehead atoms. The second-order valence-electron chi connectivity index (χ2n) is 4.10. The summed E-state index contributed by atoms with van der Waals surface area (Å²) < 4.78 is 2.03. The van der Waals surface area contributed by atoms with Crippen molar-refractivity contribution in [3.05, 3.63) is 16.9 Å². The molecule has 15 heavy (non-hydrogen) atoms. The molecule has 1 aliphatic rings. The molecule has 0 amide bonds. The predicted octanol–water partition coefficient (Wildman–Crippen LogP) is 3.98. The lowest BCUT2D eigenvalue weighted by Crippen LogP contribution is -2.21. The lowest BCUT2D eigenvalue weighted by molar-refractivity contribution is 0.433. The van der Waals surface area contributed by atoms with E-state index in [1.807, 2.05) is 4.68 Å². The van der Waals surface area contributed by atoms with Gasteiger partial charge in [-0.15, -0.1) is 0 Å². The molecule has 84 valence electrons. The molecule has 1 aliphatic carbocycles. The topological polar surface area (TPSA) is 17.8 Å². The summed E-state index contributed by atoms with van der Waals surface area (Å²) in [6.07, 6.45) is 6.87. The fourth-order valence-electron chi connectivity index (χ4n) is 2.39. The van der Waals surface area contributed by atoms with E-state index >= 15 is 0 Å². The molecule has 0 radical (unpaired) electrons. The van der Waals surface area contributed by atoms with Gasteiger partial charge in [0.25, 0.3) is 0 Å². The Labute approximate surface area is 104 Å². The molecule has 2 rings (SSSR count). The van der Waals surface area contributed by atoms with Gasteiger partial charge in [-0.05, 0) is 19.8 Å². The lowest BCUT2D eigenvalue weighted by atomic mass is 9.86. The second-order valence-corrected chi connectivity index (χ2v) is 5.68. The van der Waals surface area contributed by atoms with E-state index in [1.54, 1.807) is 6.20 Å². The van der Waals surface area contributed by atoms with Crippen LogP contribution in [0.3, 0.4) is 0 Å². The van der Waals surface area contributed by atoms with Crippen LogP contribution in [-0.4, -0.2) is 14.6 Å². The van der Waals surface area contributed by atoms with Crippen molar-refractivity contribution < 1.29 is 0 Å². The third-order valence-corrected chi connectivity index (χ3v) is 4.55. The van der Waals surface area contributed by atoms with E-state index in [1.165, 1.54) is 31.4 Å². The maximum Gasteiger partial charge on any atom is 0.0821 e. The highest BCUT2D eigenvalue weighted by molar-refractivity contribution is 9.09. The zero-order valence-electron chi connectivity index (χ0n) is 8.92. The maximum absolute atomic E-state index is 6.22. The SMILES string of the molecule is CCn1ncc(Cl)c1C1CCCCC1Br. The summed E-state index contributed by atoms with van der Waals surface area (Å²) in [5.41, 5.74) is 1.22. The van der Waals surface area contributed by atoms with E-state index in [4.69, 9.17) is 11.6 Å². The summed E-state index contributed by atoms with van der Waals surface area (Å²) >= 11 is 9.99. The molecule has 2 unspecified atom stereocenters. The number of aryl methyl sites for hydroxylation is 1. The Morgan fingerprint density at radius 1 is 1.53 bits per heavy atom. The van der Waals surface area contributed by atoms with Crippen LogP contribution in [0.25, 0.3) is 0 Å². The zero-order chi connectivity index (χ0) is 10.8.